The van der Waals surface area contributed by atoms with Crippen molar-refractivity contribution in [3.8, 4) is 11.1 Å². The summed E-state index contributed by atoms with van der Waals surface area (Å²) in [5.74, 6) is 0.744. The lowest BCUT2D eigenvalue weighted by atomic mass is 9.82. The number of rotatable bonds is 4. The van der Waals surface area contributed by atoms with Crippen LogP contribution in [0.1, 0.15) is 74.6 Å². The molecule has 0 radical (unpaired) electrons. The monoisotopic (exact) mass is 466 g/mol. The Morgan fingerprint density at radius 1 is 0.706 bits per heavy atom. The molecule has 3 aromatic rings. The second-order valence-corrected chi connectivity index (χ2v) is 10.2. The van der Waals surface area contributed by atoms with Gasteiger partial charge in [0.1, 0.15) is 0 Å². The molecule has 0 fully saturated rings. The molecule has 5 rings (SSSR count). The van der Waals surface area contributed by atoms with E-state index in [1.54, 1.807) is 0 Å². The Hall–Kier alpha value is -2.97. The second-order valence-electron chi connectivity index (χ2n) is 9.81. The molecular formula is C31H31ClN2. The number of benzene rings is 3. The van der Waals surface area contributed by atoms with Crippen molar-refractivity contribution in [2.24, 2.45) is 9.98 Å². The molecule has 0 saturated heterocycles. The van der Waals surface area contributed by atoms with Crippen LogP contribution >= 0.6 is 11.6 Å². The van der Waals surface area contributed by atoms with Crippen molar-refractivity contribution in [2.45, 2.75) is 58.4 Å². The van der Waals surface area contributed by atoms with Gasteiger partial charge in [-0.05, 0) is 46.9 Å². The smallest absolute Gasteiger partial charge is 0.0974 e. The summed E-state index contributed by atoms with van der Waals surface area (Å²) < 4.78 is 0. The van der Waals surface area contributed by atoms with Crippen LogP contribution in [-0.2, 0) is 0 Å². The van der Waals surface area contributed by atoms with Gasteiger partial charge in [-0.25, -0.2) is 4.99 Å². The van der Waals surface area contributed by atoms with E-state index in [9.17, 15) is 0 Å². The zero-order valence-corrected chi connectivity index (χ0v) is 21.1. The summed E-state index contributed by atoms with van der Waals surface area (Å²) in [5.41, 5.74) is 10.2. The van der Waals surface area contributed by atoms with Gasteiger partial charge in [-0.2, -0.15) is 0 Å². The second kappa shape index (κ2) is 9.35. The van der Waals surface area contributed by atoms with Crippen LogP contribution in [0.2, 0.25) is 0 Å². The van der Waals surface area contributed by atoms with Gasteiger partial charge in [0.15, 0.2) is 0 Å². The van der Waals surface area contributed by atoms with E-state index in [4.69, 9.17) is 21.6 Å². The van der Waals surface area contributed by atoms with E-state index >= 15 is 0 Å². The van der Waals surface area contributed by atoms with Crippen molar-refractivity contribution in [3.63, 3.8) is 0 Å². The normalized spacial score (nSPS) is 19.6. The first-order valence-electron chi connectivity index (χ1n) is 12.3. The number of nitrogens with zero attached hydrogens (tertiary/aromatic N) is 2. The molecular weight excluding hydrogens is 436 g/mol. The highest BCUT2D eigenvalue weighted by Gasteiger charge is 2.29. The van der Waals surface area contributed by atoms with Crippen LogP contribution in [0.5, 0.6) is 0 Å². The molecule has 34 heavy (non-hydrogen) atoms. The summed E-state index contributed by atoms with van der Waals surface area (Å²) in [6.45, 7) is 8.97. The lowest BCUT2D eigenvalue weighted by Gasteiger charge is -2.25. The minimum atomic E-state index is -0.00917. The average molecular weight is 467 g/mol. The maximum atomic E-state index is 6.58. The van der Waals surface area contributed by atoms with Gasteiger partial charge in [-0.3, -0.25) is 4.99 Å². The van der Waals surface area contributed by atoms with Gasteiger partial charge in [0.2, 0.25) is 0 Å². The number of hydrogen-bond acceptors (Lipinski definition) is 2. The Morgan fingerprint density at radius 3 is 1.74 bits per heavy atom. The van der Waals surface area contributed by atoms with Gasteiger partial charge in [0.05, 0.1) is 23.2 Å². The van der Waals surface area contributed by atoms with Gasteiger partial charge >= 0.3 is 0 Å². The van der Waals surface area contributed by atoms with E-state index in [2.05, 4.69) is 101 Å². The van der Waals surface area contributed by atoms with Gasteiger partial charge in [-0.15, -0.1) is 0 Å². The predicted octanol–water partition coefficient (Wildman–Crippen LogP) is 8.81. The van der Waals surface area contributed by atoms with Crippen LogP contribution in [0.3, 0.4) is 0 Å². The van der Waals surface area contributed by atoms with Crippen molar-refractivity contribution in [1.82, 2.24) is 0 Å². The lowest BCUT2D eigenvalue weighted by molar-refractivity contribution is 0.776. The van der Waals surface area contributed by atoms with E-state index in [0.717, 1.165) is 46.1 Å². The van der Waals surface area contributed by atoms with Crippen LogP contribution < -0.4 is 0 Å². The third-order valence-electron chi connectivity index (χ3n) is 6.83. The van der Waals surface area contributed by atoms with Gasteiger partial charge in [0, 0.05) is 16.2 Å². The molecule has 172 valence electrons. The molecule has 2 nitrogen and oxygen atoms in total. The van der Waals surface area contributed by atoms with Gasteiger partial charge < -0.3 is 0 Å². The molecule has 1 atom stereocenters. The molecule has 1 unspecified atom stereocenters. The van der Waals surface area contributed by atoms with Crippen LogP contribution in [0.25, 0.3) is 11.1 Å². The number of para-hydroxylation sites is 1. The summed E-state index contributed by atoms with van der Waals surface area (Å²) in [7, 11) is 0. The Balaban J connectivity index is 1.83. The van der Waals surface area contributed by atoms with E-state index in [-0.39, 0.29) is 6.04 Å². The maximum absolute atomic E-state index is 6.58. The zero-order valence-electron chi connectivity index (χ0n) is 20.3. The van der Waals surface area contributed by atoms with E-state index in [1.807, 2.05) is 0 Å². The fourth-order valence-corrected chi connectivity index (χ4v) is 5.30. The van der Waals surface area contributed by atoms with Crippen molar-refractivity contribution in [2.75, 3.05) is 0 Å². The standard InChI is InChI=1S/C31H31ClN2/c1-19(2)21-15-9-16-22(20(3)4)29(21)34-31-26-14-8-6-12-24(26)23-11-5-7-13-25(23)30(31)33-28-18-10-17-27(28)32/h5-9,11-17,19-20,28H,10,18H2,1-4H3. The summed E-state index contributed by atoms with van der Waals surface area (Å²) >= 11 is 6.58. The molecule has 0 N–H and O–H groups in total. The molecule has 2 aliphatic rings. The summed E-state index contributed by atoms with van der Waals surface area (Å²) in [6.07, 6.45) is 4.01. The first kappa shape index (κ1) is 22.8. The highest BCUT2D eigenvalue weighted by atomic mass is 35.5. The van der Waals surface area contributed by atoms with Gasteiger partial charge in [-0.1, -0.05) is 112 Å². The average Bonchev–Trinajstić information content (AvgIpc) is 3.25. The number of allylic oxidation sites excluding steroid dienone is 1. The molecule has 0 aliphatic heterocycles. The highest BCUT2D eigenvalue weighted by Crippen LogP contribution is 2.39. The fourth-order valence-electron chi connectivity index (χ4n) is 5.04. The molecule has 0 aromatic heterocycles. The largest absolute Gasteiger partial charge is 0.273 e. The summed E-state index contributed by atoms with van der Waals surface area (Å²) in [4.78, 5) is 10.7. The molecule has 0 bridgehead atoms. The third kappa shape index (κ3) is 4.05. The zero-order chi connectivity index (χ0) is 23.8. The van der Waals surface area contributed by atoms with Crippen LogP contribution in [0, 0.1) is 0 Å². The maximum Gasteiger partial charge on any atom is 0.0974 e. The Bertz CT molecular complexity index is 1300. The number of halogens is 1. The van der Waals surface area contributed by atoms with Gasteiger partial charge in [0.25, 0.3) is 0 Å². The van der Waals surface area contributed by atoms with Crippen molar-refractivity contribution in [3.05, 3.63) is 100 Å². The van der Waals surface area contributed by atoms with Crippen molar-refractivity contribution >= 4 is 28.7 Å². The number of hydrogen-bond donors (Lipinski definition) is 0. The number of aliphatic imine (C=N–C) groups is 2. The first-order chi connectivity index (χ1) is 16.5. The SMILES string of the molecule is CC(C)c1cccc(C(C)C)c1N=C1C(=NC2CCC=C2Cl)c2ccccc2-c2ccccc21. The third-order valence-corrected chi connectivity index (χ3v) is 7.23. The van der Waals surface area contributed by atoms with E-state index in [0.29, 0.717) is 11.8 Å². The Kier molecular flexibility index (Phi) is 6.27. The molecule has 0 heterocycles. The highest BCUT2D eigenvalue weighted by molar-refractivity contribution is 6.57. The van der Waals surface area contributed by atoms with Crippen molar-refractivity contribution < 1.29 is 0 Å². The molecule has 3 aromatic carbocycles. The quantitative estimate of drug-likeness (QED) is 0.367. The minimum Gasteiger partial charge on any atom is -0.273 e. The Labute approximate surface area is 208 Å². The van der Waals surface area contributed by atoms with Crippen molar-refractivity contribution in [1.29, 1.82) is 0 Å². The fraction of sp³-hybridized carbons (Fsp3) is 0.290. The van der Waals surface area contributed by atoms with Crippen LogP contribution in [0.4, 0.5) is 5.69 Å². The Morgan fingerprint density at radius 2 is 1.24 bits per heavy atom. The molecule has 0 saturated carbocycles. The first-order valence-corrected chi connectivity index (χ1v) is 12.7. The lowest BCUT2D eigenvalue weighted by Crippen LogP contribution is -2.25. The number of fused-ring (bicyclic) bond motifs is 3. The molecule has 2 aliphatic carbocycles. The topological polar surface area (TPSA) is 24.7 Å². The molecule has 0 spiro atoms. The summed E-state index contributed by atoms with van der Waals surface area (Å²) in [5, 5.41) is 0.841. The predicted molar refractivity (Wildman–Crippen MR) is 146 cm³/mol. The molecule has 3 heteroatoms. The van der Waals surface area contributed by atoms with E-state index in [1.165, 1.54) is 22.3 Å². The van der Waals surface area contributed by atoms with Crippen LogP contribution in [-0.4, -0.2) is 17.5 Å². The minimum absolute atomic E-state index is 0.00917. The molecule has 0 amide bonds. The summed E-state index contributed by atoms with van der Waals surface area (Å²) in [6, 6.07) is 23.7. The van der Waals surface area contributed by atoms with E-state index < -0.39 is 0 Å². The van der Waals surface area contributed by atoms with Crippen LogP contribution in [0.15, 0.2) is 87.8 Å².